The first-order chi connectivity index (χ1) is 6.68. The lowest BCUT2D eigenvalue weighted by Gasteiger charge is -2.36. The van der Waals surface area contributed by atoms with Crippen LogP contribution in [0, 0.1) is 6.92 Å². The SMILES string of the molecule is Cc1noc(NCCC2(O)CCC2)n1. The quantitative estimate of drug-likeness (QED) is 0.756. The van der Waals surface area contributed by atoms with Gasteiger partial charge in [-0.25, -0.2) is 0 Å². The van der Waals surface area contributed by atoms with E-state index in [-0.39, 0.29) is 0 Å². The molecule has 1 aromatic heterocycles. The van der Waals surface area contributed by atoms with Crippen LogP contribution in [0.5, 0.6) is 0 Å². The smallest absolute Gasteiger partial charge is 0.321 e. The van der Waals surface area contributed by atoms with E-state index < -0.39 is 5.60 Å². The molecule has 5 nitrogen and oxygen atoms in total. The van der Waals surface area contributed by atoms with Gasteiger partial charge in [0, 0.05) is 6.54 Å². The van der Waals surface area contributed by atoms with Crippen molar-refractivity contribution < 1.29 is 9.63 Å². The summed E-state index contributed by atoms with van der Waals surface area (Å²) in [4.78, 5) is 4.00. The van der Waals surface area contributed by atoms with Crippen LogP contribution in [0.3, 0.4) is 0 Å². The number of nitrogens with one attached hydrogen (secondary N) is 1. The van der Waals surface area contributed by atoms with Gasteiger partial charge in [0.25, 0.3) is 0 Å². The monoisotopic (exact) mass is 197 g/mol. The molecule has 0 spiro atoms. The van der Waals surface area contributed by atoms with Gasteiger partial charge in [-0.1, -0.05) is 5.16 Å². The minimum absolute atomic E-state index is 0.436. The summed E-state index contributed by atoms with van der Waals surface area (Å²) in [5.41, 5.74) is -0.442. The Morgan fingerprint density at radius 3 is 2.86 bits per heavy atom. The third-order valence-electron chi connectivity index (χ3n) is 2.68. The maximum Gasteiger partial charge on any atom is 0.321 e. The van der Waals surface area contributed by atoms with Crippen LogP contribution >= 0.6 is 0 Å². The standard InChI is InChI=1S/C9H15N3O2/c1-7-11-8(14-12-7)10-6-5-9(13)3-2-4-9/h13H,2-6H2,1H3,(H,10,11,12). The largest absolute Gasteiger partial charge is 0.390 e. The number of aryl methyl sites for hydroxylation is 1. The van der Waals surface area contributed by atoms with Crippen LogP contribution in [0.4, 0.5) is 6.01 Å². The van der Waals surface area contributed by atoms with Gasteiger partial charge in [0.15, 0.2) is 5.82 Å². The van der Waals surface area contributed by atoms with Gasteiger partial charge < -0.3 is 14.9 Å². The second-order valence-electron chi connectivity index (χ2n) is 3.90. The summed E-state index contributed by atoms with van der Waals surface area (Å²) in [6.45, 7) is 2.45. The lowest BCUT2D eigenvalue weighted by Crippen LogP contribution is -2.38. The molecule has 0 aromatic carbocycles. The molecule has 0 aliphatic heterocycles. The molecule has 5 heteroatoms. The molecule has 78 valence electrons. The number of hydrogen-bond acceptors (Lipinski definition) is 5. The Balaban J connectivity index is 1.72. The van der Waals surface area contributed by atoms with Crippen LogP contribution in [-0.4, -0.2) is 27.4 Å². The number of aromatic nitrogens is 2. The van der Waals surface area contributed by atoms with E-state index in [1.54, 1.807) is 6.92 Å². The van der Waals surface area contributed by atoms with E-state index in [2.05, 4.69) is 15.5 Å². The Kier molecular flexibility index (Phi) is 2.41. The molecule has 0 saturated heterocycles. The number of anilines is 1. The number of aliphatic hydroxyl groups is 1. The van der Waals surface area contributed by atoms with Gasteiger partial charge in [0.2, 0.25) is 0 Å². The predicted octanol–water partition coefficient (Wildman–Crippen LogP) is 1.10. The van der Waals surface area contributed by atoms with E-state index >= 15 is 0 Å². The van der Waals surface area contributed by atoms with Crippen LogP contribution < -0.4 is 5.32 Å². The van der Waals surface area contributed by atoms with Crippen LogP contribution in [0.2, 0.25) is 0 Å². The molecule has 1 aromatic rings. The van der Waals surface area contributed by atoms with Gasteiger partial charge in [-0.15, -0.1) is 0 Å². The highest BCUT2D eigenvalue weighted by Gasteiger charge is 2.33. The van der Waals surface area contributed by atoms with Crippen molar-refractivity contribution >= 4 is 6.01 Å². The molecule has 1 saturated carbocycles. The van der Waals surface area contributed by atoms with Crippen molar-refractivity contribution in [2.45, 2.75) is 38.2 Å². The predicted molar refractivity (Wildman–Crippen MR) is 50.9 cm³/mol. The normalized spacial score (nSPS) is 19.0. The van der Waals surface area contributed by atoms with Crippen molar-refractivity contribution in [3.63, 3.8) is 0 Å². The first-order valence-corrected chi connectivity index (χ1v) is 4.95. The molecule has 2 rings (SSSR count). The molecular formula is C9H15N3O2. The lowest BCUT2D eigenvalue weighted by atomic mass is 9.78. The zero-order chi connectivity index (χ0) is 10.0. The molecule has 1 heterocycles. The van der Waals surface area contributed by atoms with Crippen molar-refractivity contribution in [1.29, 1.82) is 0 Å². The minimum Gasteiger partial charge on any atom is -0.390 e. The number of rotatable bonds is 4. The fraction of sp³-hybridized carbons (Fsp3) is 0.778. The molecule has 0 atom stereocenters. The maximum atomic E-state index is 9.79. The average molecular weight is 197 g/mol. The molecule has 1 aliphatic rings. The third kappa shape index (κ3) is 2.04. The van der Waals surface area contributed by atoms with Crippen LogP contribution in [0.1, 0.15) is 31.5 Å². The van der Waals surface area contributed by atoms with Crippen LogP contribution in [0.15, 0.2) is 4.52 Å². The van der Waals surface area contributed by atoms with Crippen LogP contribution in [0.25, 0.3) is 0 Å². The summed E-state index contributed by atoms with van der Waals surface area (Å²) in [5.74, 6) is 0.620. The highest BCUT2D eigenvalue weighted by atomic mass is 16.5. The molecular weight excluding hydrogens is 182 g/mol. The highest BCUT2D eigenvalue weighted by Crippen LogP contribution is 2.34. The molecule has 1 fully saturated rings. The van der Waals surface area contributed by atoms with E-state index in [1.807, 2.05) is 0 Å². The molecule has 0 amide bonds. The van der Waals surface area contributed by atoms with Crippen molar-refractivity contribution in [3.8, 4) is 0 Å². The van der Waals surface area contributed by atoms with Gasteiger partial charge in [-0.2, -0.15) is 4.98 Å². The van der Waals surface area contributed by atoms with Crippen LogP contribution in [-0.2, 0) is 0 Å². The molecule has 1 aliphatic carbocycles. The van der Waals surface area contributed by atoms with E-state index in [0.29, 0.717) is 18.4 Å². The van der Waals surface area contributed by atoms with Crippen molar-refractivity contribution in [3.05, 3.63) is 5.82 Å². The van der Waals surface area contributed by atoms with Gasteiger partial charge in [-0.3, -0.25) is 0 Å². The average Bonchev–Trinajstić information content (AvgIpc) is 2.49. The topological polar surface area (TPSA) is 71.2 Å². The Labute approximate surface area is 82.5 Å². The van der Waals surface area contributed by atoms with E-state index in [0.717, 1.165) is 25.7 Å². The second-order valence-corrected chi connectivity index (χ2v) is 3.90. The molecule has 0 unspecified atom stereocenters. The Morgan fingerprint density at radius 1 is 1.57 bits per heavy atom. The zero-order valence-electron chi connectivity index (χ0n) is 8.29. The van der Waals surface area contributed by atoms with Gasteiger partial charge in [0.05, 0.1) is 5.60 Å². The first kappa shape index (κ1) is 9.45. The summed E-state index contributed by atoms with van der Waals surface area (Å²) < 4.78 is 4.88. The summed E-state index contributed by atoms with van der Waals surface area (Å²) in [7, 11) is 0. The zero-order valence-corrected chi connectivity index (χ0v) is 8.29. The van der Waals surface area contributed by atoms with E-state index in [1.165, 1.54) is 0 Å². The maximum absolute atomic E-state index is 9.79. The van der Waals surface area contributed by atoms with Crippen molar-refractivity contribution in [1.82, 2.24) is 10.1 Å². The Morgan fingerprint density at radius 2 is 2.36 bits per heavy atom. The Bertz CT molecular complexity index is 307. The molecule has 0 bridgehead atoms. The lowest BCUT2D eigenvalue weighted by molar-refractivity contribution is -0.0371. The van der Waals surface area contributed by atoms with Crippen molar-refractivity contribution in [2.24, 2.45) is 0 Å². The highest BCUT2D eigenvalue weighted by molar-refractivity contribution is 5.17. The van der Waals surface area contributed by atoms with E-state index in [9.17, 15) is 5.11 Å². The fourth-order valence-corrected chi connectivity index (χ4v) is 1.61. The van der Waals surface area contributed by atoms with Gasteiger partial charge >= 0.3 is 6.01 Å². The van der Waals surface area contributed by atoms with Gasteiger partial charge in [-0.05, 0) is 32.6 Å². The summed E-state index contributed by atoms with van der Waals surface area (Å²) >= 11 is 0. The molecule has 2 N–H and O–H groups in total. The second kappa shape index (κ2) is 3.57. The minimum atomic E-state index is -0.442. The third-order valence-corrected chi connectivity index (χ3v) is 2.68. The molecule has 0 radical (unpaired) electrons. The number of nitrogens with zero attached hydrogens (tertiary/aromatic N) is 2. The summed E-state index contributed by atoms with van der Waals surface area (Å²) in [5, 5.41) is 16.4. The molecule has 14 heavy (non-hydrogen) atoms. The Hall–Kier alpha value is -1.10. The fourth-order valence-electron chi connectivity index (χ4n) is 1.61. The van der Waals surface area contributed by atoms with Gasteiger partial charge in [0.1, 0.15) is 0 Å². The summed E-state index contributed by atoms with van der Waals surface area (Å²) in [6, 6.07) is 0.436. The first-order valence-electron chi connectivity index (χ1n) is 4.95. The van der Waals surface area contributed by atoms with E-state index in [4.69, 9.17) is 4.52 Å². The summed E-state index contributed by atoms with van der Waals surface area (Å²) in [6.07, 6.45) is 3.71. The number of hydrogen-bond donors (Lipinski definition) is 2. The van der Waals surface area contributed by atoms with Crippen molar-refractivity contribution in [2.75, 3.05) is 11.9 Å².